The second kappa shape index (κ2) is 6.94. The van der Waals surface area contributed by atoms with Crippen LogP contribution >= 0.6 is 0 Å². The van der Waals surface area contributed by atoms with E-state index >= 15 is 0 Å². The number of hydroxylamine groups is 2. The van der Waals surface area contributed by atoms with Crippen molar-refractivity contribution in [3.8, 4) is 0 Å². The Balaban J connectivity index is 2.08. The molecule has 0 saturated carbocycles. The molecular formula is C20H29N3O2. The standard InChI is InChI=1S/C20H29N3O2/c1-19(2,3)22(24)17-11-7-15(8-12-17)21-16-9-13-18(14-10-16)23(25)20(4,5)6/h7-14,21,24-25H,1-6H3. The second-order valence-corrected chi connectivity index (χ2v) is 8.18. The highest BCUT2D eigenvalue weighted by Crippen LogP contribution is 2.27. The van der Waals surface area contributed by atoms with Crippen LogP contribution in [0.5, 0.6) is 0 Å². The lowest BCUT2D eigenvalue weighted by Gasteiger charge is -2.31. The summed E-state index contributed by atoms with van der Waals surface area (Å²) in [6, 6.07) is 15.2. The lowest BCUT2D eigenvalue weighted by Crippen LogP contribution is -2.38. The summed E-state index contributed by atoms with van der Waals surface area (Å²) in [5, 5.41) is 26.2. The molecule has 0 saturated heterocycles. The molecular weight excluding hydrogens is 314 g/mol. The SMILES string of the molecule is CC(C)(C)N(O)c1ccc(Nc2ccc(N(O)C(C)(C)C)cc2)cc1. The highest BCUT2D eigenvalue weighted by atomic mass is 16.5. The third kappa shape index (κ3) is 4.87. The molecule has 0 atom stereocenters. The molecule has 136 valence electrons. The van der Waals surface area contributed by atoms with Gasteiger partial charge in [0, 0.05) is 11.4 Å². The van der Waals surface area contributed by atoms with Crippen LogP contribution in [-0.2, 0) is 0 Å². The van der Waals surface area contributed by atoms with Crippen molar-refractivity contribution in [3.05, 3.63) is 48.5 Å². The van der Waals surface area contributed by atoms with Crippen molar-refractivity contribution in [1.29, 1.82) is 0 Å². The number of nitrogens with one attached hydrogen (secondary N) is 1. The van der Waals surface area contributed by atoms with Gasteiger partial charge in [-0.05, 0) is 90.1 Å². The Hall–Kier alpha value is -2.24. The van der Waals surface area contributed by atoms with E-state index < -0.39 is 0 Å². The Bertz CT molecular complexity index is 621. The lowest BCUT2D eigenvalue weighted by molar-refractivity contribution is 0.181. The zero-order chi connectivity index (χ0) is 18.8. The van der Waals surface area contributed by atoms with Gasteiger partial charge < -0.3 is 5.32 Å². The molecule has 2 aromatic rings. The first-order valence-electron chi connectivity index (χ1n) is 8.44. The molecule has 2 aromatic carbocycles. The van der Waals surface area contributed by atoms with E-state index in [9.17, 15) is 10.4 Å². The highest BCUT2D eigenvalue weighted by Gasteiger charge is 2.20. The second-order valence-electron chi connectivity index (χ2n) is 8.18. The maximum absolute atomic E-state index is 10.2. The van der Waals surface area contributed by atoms with Gasteiger partial charge in [-0.2, -0.15) is 0 Å². The molecule has 5 heteroatoms. The number of hydrogen-bond acceptors (Lipinski definition) is 5. The largest absolute Gasteiger partial charge is 0.356 e. The number of benzene rings is 2. The van der Waals surface area contributed by atoms with Crippen molar-refractivity contribution < 1.29 is 10.4 Å². The molecule has 0 aliphatic heterocycles. The van der Waals surface area contributed by atoms with Gasteiger partial charge in [0.1, 0.15) is 0 Å². The molecule has 25 heavy (non-hydrogen) atoms. The molecule has 0 fully saturated rings. The quantitative estimate of drug-likeness (QED) is 0.647. The van der Waals surface area contributed by atoms with Gasteiger partial charge >= 0.3 is 0 Å². The average molecular weight is 343 g/mol. The maximum atomic E-state index is 10.2. The minimum Gasteiger partial charge on any atom is -0.356 e. The van der Waals surface area contributed by atoms with Gasteiger partial charge in [0.2, 0.25) is 0 Å². The lowest BCUT2D eigenvalue weighted by atomic mass is 10.1. The molecule has 0 spiro atoms. The Morgan fingerprint density at radius 1 is 0.600 bits per heavy atom. The normalized spacial score (nSPS) is 12.0. The molecule has 0 heterocycles. The van der Waals surface area contributed by atoms with Crippen LogP contribution in [0.15, 0.2) is 48.5 Å². The fourth-order valence-corrected chi connectivity index (χ4v) is 2.31. The van der Waals surface area contributed by atoms with E-state index in [2.05, 4.69) is 5.32 Å². The third-order valence-corrected chi connectivity index (χ3v) is 3.78. The molecule has 0 unspecified atom stereocenters. The van der Waals surface area contributed by atoms with Gasteiger partial charge in [-0.25, -0.2) is 0 Å². The van der Waals surface area contributed by atoms with E-state index in [-0.39, 0.29) is 11.1 Å². The van der Waals surface area contributed by atoms with Gasteiger partial charge in [0.05, 0.1) is 22.5 Å². The van der Waals surface area contributed by atoms with Crippen molar-refractivity contribution in [1.82, 2.24) is 0 Å². The highest BCUT2D eigenvalue weighted by molar-refractivity contribution is 5.64. The smallest absolute Gasteiger partial charge is 0.0641 e. The first kappa shape index (κ1) is 19.1. The van der Waals surface area contributed by atoms with Gasteiger partial charge in [0.25, 0.3) is 0 Å². The monoisotopic (exact) mass is 343 g/mol. The minimum absolute atomic E-state index is 0.353. The summed E-state index contributed by atoms with van der Waals surface area (Å²) in [7, 11) is 0. The van der Waals surface area contributed by atoms with Crippen molar-refractivity contribution in [2.75, 3.05) is 15.4 Å². The predicted molar refractivity (Wildman–Crippen MR) is 104 cm³/mol. The van der Waals surface area contributed by atoms with Gasteiger partial charge in [0.15, 0.2) is 0 Å². The summed E-state index contributed by atoms with van der Waals surface area (Å²) in [6.45, 7) is 11.7. The fourth-order valence-electron chi connectivity index (χ4n) is 2.31. The van der Waals surface area contributed by atoms with Gasteiger partial charge in [-0.1, -0.05) is 0 Å². The van der Waals surface area contributed by atoms with Crippen molar-refractivity contribution in [2.24, 2.45) is 0 Å². The zero-order valence-corrected chi connectivity index (χ0v) is 15.9. The molecule has 0 radical (unpaired) electrons. The van der Waals surface area contributed by atoms with Crippen LogP contribution in [0.2, 0.25) is 0 Å². The van der Waals surface area contributed by atoms with Gasteiger partial charge in [-0.3, -0.25) is 20.5 Å². The summed E-state index contributed by atoms with van der Waals surface area (Å²) in [6.07, 6.45) is 0. The molecule has 0 amide bonds. The first-order chi connectivity index (χ1) is 11.5. The van der Waals surface area contributed by atoms with Crippen LogP contribution < -0.4 is 15.4 Å². The molecule has 0 aliphatic rings. The van der Waals surface area contributed by atoms with Crippen LogP contribution in [0, 0.1) is 0 Å². The first-order valence-corrected chi connectivity index (χ1v) is 8.44. The molecule has 0 bridgehead atoms. The summed E-state index contributed by atoms with van der Waals surface area (Å²) in [5.74, 6) is 0. The summed E-state index contributed by atoms with van der Waals surface area (Å²) < 4.78 is 0. The summed E-state index contributed by atoms with van der Waals surface area (Å²) in [5.41, 5.74) is 2.64. The molecule has 3 N–H and O–H groups in total. The van der Waals surface area contributed by atoms with Crippen molar-refractivity contribution >= 4 is 22.7 Å². The van der Waals surface area contributed by atoms with E-state index in [0.717, 1.165) is 22.7 Å². The van der Waals surface area contributed by atoms with E-state index in [1.54, 1.807) is 0 Å². The third-order valence-electron chi connectivity index (χ3n) is 3.78. The van der Waals surface area contributed by atoms with Crippen LogP contribution in [0.25, 0.3) is 0 Å². The van der Waals surface area contributed by atoms with E-state index in [1.807, 2.05) is 90.1 Å². The molecule has 0 aliphatic carbocycles. The number of hydrogen-bond donors (Lipinski definition) is 3. The van der Waals surface area contributed by atoms with Crippen LogP contribution in [0.1, 0.15) is 41.5 Å². The van der Waals surface area contributed by atoms with Crippen LogP contribution in [0.3, 0.4) is 0 Å². The summed E-state index contributed by atoms with van der Waals surface area (Å²) in [4.78, 5) is 0. The Morgan fingerprint density at radius 2 is 0.880 bits per heavy atom. The van der Waals surface area contributed by atoms with Crippen molar-refractivity contribution in [3.63, 3.8) is 0 Å². The molecule has 2 rings (SSSR count). The summed E-state index contributed by atoms with van der Waals surface area (Å²) >= 11 is 0. The maximum Gasteiger partial charge on any atom is 0.0641 e. The molecule has 0 aromatic heterocycles. The minimum atomic E-state index is -0.353. The Morgan fingerprint density at radius 3 is 1.12 bits per heavy atom. The number of nitrogens with zero attached hydrogens (tertiary/aromatic N) is 2. The van der Waals surface area contributed by atoms with E-state index in [0.29, 0.717) is 0 Å². The average Bonchev–Trinajstić information content (AvgIpc) is 2.53. The van der Waals surface area contributed by atoms with Crippen LogP contribution in [-0.4, -0.2) is 21.5 Å². The van der Waals surface area contributed by atoms with E-state index in [1.165, 1.54) is 10.1 Å². The van der Waals surface area contributed by atoms with Crippen molar-refractivity contribution in [2.45, 2.75) is 52.6 Å². The topological polar surface area (TPSA) is 59.0 Å². The predicted octanol–water partition coefficient (Wildman–Crippen LogP) is 5.42. The number of rotatable bonds is 4. The fraction of sp³-hybridized carbons (Fsp3) is 0.400. The van der Waals surface area contributed by atoms with Crippen LogP contribution in [0.4, 0.5) is 22.7 Å². The zero-order valence-electron chi connectivity index (χ0n) is 15.9. The number of anilines is 4. The Labute approximate surface area is 150 Å². The van der Waals surface area contributed by atoms with E-state index in [4.69, 9.17) is 0 Å². The Kier molecular flexibility index (Phi) is 5.30. The molecule has 5 nitrogen and oxygen atoms in total. The van der Waals surface area contributed by atoms with Gasteiger partial charge in [-0.15, -0.1) is 0 Å².